The van der Waals surface area contributed by atoms with Gasteiger partial charge in [-0.2, -0.15) is 0 Å². The number of benzene rings is 1. The van der Waals surface area contributed by atoms with E-state index in [4.69, 9.17) is 21.3 Å². The molecule has 2 heterocycles. The number of aryl methyl sites for hydroxylation is 1. The molecule has 0 radical (unpaired) electrons. The largest absolute Gasteiger partial charge is 0.373 e. The van der Waals surface area contributed by atoms with Gasteiger partial charge in [0.15, 0.2) is 0 Å². The highest BCUT2D eigenvalue weighted by molar-refractivity contribution is 6.20. The number of rotatable bonds is 3. The lowest BCUT2D eigenvalue weighted by Gasteiger charge is -2.25. The summed E-state index contributed by atoms with van der Waals surface area (Å²) in [6.45, 7) is 7.93. The lowest BCUT2D eigenvalue weighted by atomic mass is 10.0. The molecule has 0 aliphatic carbocycles. The molecule has 2 aromatic rings. The van der Waals surface area contributed by atoms with Gasteiger partial charge in [0.1, 0.15) is 5.82 Å². The third-order valence-corrected chi connectivity index (χ3v) is 4.35. The van der Waals surface area contributed by atoms with Crippen molar-refractivity contribution in [3.8, 4) is 0 Å². The first-order chi connectivity index (χ1) is 9.50. The molecular formula is C16H21ClN2O. The number of alkyl halides is 1. The summed E-state index contributed by atoms with van der Waals surface area (Å²) < 4.78 is 8.18. The van der Waals surface area contributed by atoms with Gasteiger partial charge in [-0.05, 0) is 45.2 Å². The first-order valence-corrected chi connectivity index (χ1v) is 7.68. The normalized spacial score (nSPS) is 24.4. The Morgan fingerprint density at radius 2 is 2.30 bits per heavy atom. The van der Waals surface area contributed by atoms with Crippen molar-refractivity contribution in [1.82, 2.24) is 9.55 Å². The SMILES string of the molecule is Cc1cccc2c1nc(C(C)Cl)n2CC1(C)CCCO1. The molecule has 0 amide bonds. The number of aromatic nitrogens is 2. The Hall–Kier alpha value is -1.06. The van der Waals surface area contributed by atoms with Crippen LogP contribution in [-0.2, 0) is 11.3 Å². The second-order valence-corrected chi connectivity index (χ2v) is 6.67. The van der Waals surface area contributed by atoms with Crippen molar-refractivity contribution < 1.29 is 4.74 Å². The Labute approximate surface area is 124 Å². The van der Waals surface area contributed by atoms with Crippen molar-refractivity contribution in [2.75, 3.05) is 6.61 Å². The average Bonchev–Trinajstić information content (AvgIpc) is 2.96. The molecule has 0 spiro atoms. The molecule has 108 valence electrons. The second-order valence-electron chi connectivity index (χ2n) is 6.02. The van der Waals surface area contributed by atoms with Crippen LogP contribution in [0.3, 0.4) is 0 Å². The Bertz CT molecular complexity index is 627. The number of hydrogen-bond acceptors (Lipinski definition) is 2. The first kappa shape index (κ1) is 13.9. The van der Waals surface area contributed by atoms with Crippen molar-refractivity contribution in [1.29, 1.82) is 0 Å². The van der Waals surface area contributed by atoms with E-state index < -0.39 is 0 Å². The smallest absolute Gasteiger partial charge is 0.127 e. The fourth-order valence-electron chi connectivity index (χ4n) is 3.07. The van der Waals surface area contributed by atoms with Gasteiger partial charge >= 0.3 is 0 Å². The standard InChI is InChI=1S/C16H21ClN2O/c1-11-6-4-7-13-14(11)18-15(12(2)17)19(13)10-16(3)8-5-9-20-16/h4,6-7,12H,5,8-10H2,1-3H3. The van der Waals surface area contributed by atoms with Crippen molar-refractivity contribution >= 4 is 22.6 Å². The number of fused-ring (bicyclic) bond motifs is 1. The van der Waals surface area contributed by atoms with E-state index in [2.05, 4.69) is 36.6 Å². The zero-order valence-electron chi connectivity index (χ0n) is 12.3. The third kappa shape index (κ3) is 2.33. The van der Waals surface area contributed by atoms with Gasteiger partial charge in [0.05, 0.1) is 28.6 Å². The van der Waals surface area contributed by atoms with Crippen LogP contribution >= 0.6 is 11.6 Å². The minimum Gasteiger partial charge on any atom is -0.373 e. The maximum Gasteiger partial charge on any atom is 0.127 e. The van der Waals surface area contributed by atoms with E-state index in [9.17, 15) is 0 Å². The van der Waals surface area contributed by atoms with E-state index in [1.54, 1.807) is 0 Å². The summed E-state index contributed by atoms with van der Waals surface area (Å²) in [4.78, 5) is 4.76. The number of imidazole rings is 1. The van der Waals surface area contributed by atoms with Crippen molar-refractivity contribution in [2.45, 2.75) is 51.1 Å². The highest BCUT2D eigenvalue weighted by atomic mass is 35.5. The maximum absolute atomic E-state index is 6.34. The van der Waals surface area contributed by atoms with Crippen LogP contribution < -0.4 is 0 Å². The van der Waals surface area contributed by atoms with Crippen LogP contribution in [0, 0.1) is 6.92 Å². The molecule has 2 unspecified atom stereocenters. The van der Waals surface area contributed by atoms with Gasteiger partial charge in [-0.15, -0.1) is 11.6 Å². The van der Waals surface area contributed by atoms with Gasteiger partial charge in [0, 0.05) is 6.61 Å². The van der Waals surface area contributed by atoms with Gasteiger partial charge < -0.3 is 9.30 Å². The van der Waals surface area contributed by atoms with Gasteiger partial charge in [0.2, 0.25) is 0 Å². The average molecular weight is 293 g/mol. The molecule has 0 N–H and O–H groups in total. The fraction of sp³-hybridized carbons (Fsp3) is 0.562. The Morgan fingerprint density at radius 1 is 1.50 bits per heavy atom. The van der Waals surface area contributed by atoms with Gasteiger partial charge in [-0.25, -0.2) is 4.98 Å². The summed E-state index contributed by atoms with van der Waals surface area (Å²) in [6.07, 6.45) is 2.22. The molecule has 20 heavy (non-hydrogen) atoms. The van der Waals surface area contributed by atoms with E-state index in [-0.39, 0.29) is 11.0 Å². The predicted octanol–water partition coefficient (Wildman–Crippen LogP) is 4.21. The summed E-state index contributed by atoms with van der Waals surface area (Å²) in [5, 5.41) is -0.105. The van der Waals surface area contributed by atoms with Crippen LogP contribution in [0.5, 0.6) is 0 Å². The van der Waals surface area contributed by atoms with Gasteiger partial charge in [-0.1, -0.05) is 12.1 Å². The fourth-order valence-corrected chi connectivity index (χ4v) is 3.24. The lowest BCUT2D eigenvalue weighted by molar-refractivity contribution is 0.00649. The highest BCUT2D eigenvalue weighted by Crippen LogP contribution is 2.32. The van der Waals surface area contributed by atoms with Crippen molar-refractivity contribution in [3.05, 3.63) is 29.6 Å². The quantitative estimate of drug-likeness (QED) is 0.792. The topological polar surface area (TPSA) is 27.1 Å². The molecule has 1 saturated heterocycles. The summed E-state index contributed by atoms with van der Waals surface area (Å²) in [5.74, 6) is 0.938. The first-order valence-electron chi connectivity index (χ1n) is 7.24. The predicted molar refractivity (Wildman–Crippen MR) is 82.3 cm³/mol. The molecule has 1 fully saturated rings. The second kappa shape index (κ2) is 5.05. The Kier molecular flexibility index (Phi) is 3.51. The third-order valence-electron chi connectivity index (χ3n) is 4.16. The van der Waals surface area contributed by atoms with Crippen LogP contribution in [-0.4, -0.2) is 21.8 Å². The summed E-state index contributed by atoms with van der Waals surface area (Å²) in [7, 11) is 0. The van der Waals surface area contributed by atoms with Crippen LogP contribution in [0.4, 0.5) is 0 Å². The number of halogens is 1. The maximum atomic E-state index is 6.34. The van der Waals surface area contributed by atoms with Gasteiger partial charge in [-0.3, -0.25) is 0 Å². The highest BCUT2D eigenvalue weighted by Gasteiger charge is 2.32. The van der Waals surface area contributed by atoms with Crippen LogP contribution in [0.15, 0.2) is 18.2 Å². The molecule has 1 aromatic heterocycles. The van der Waals surface area contributed by atoms with E-state index in [1.165, 1.54) is 5.56 Å². The number of ether oxygens (including phenoxy) is 1. The van der Waals surface area contributed by atoms with Crippen LogP contribution in [0.25, 0.3) is 11.0 Å². The van der Waals surface area contributed by atoms with E-state index in [0.29, 0.717) is 0 Å². The van der Waals surface area contributed by atoms with Crippen LogP contribution in [0.1, 0.15) is 43.5 Å². The zero-order chi connectivity index (χ0) is 14.3. The summed E-state index contributed by atoms with van der Waals surface area (Å²) in [6, 6.07) is 6.29. The minimum atomic E-state index is -0.105. The monoisotopic (exact) mass is 292 g/mol. The zero-order valence-corrected chi connectivity index (χ0v) is 13.1. The Morgan fingerprint density at radius 3 is 2.95 bits per heavy atom. The molecule has 3 rings (SSSR count). The molecule has 1 aromatic carbocycles. The molecule has 3 nitrogen and oxygen atoms in total. The summed E-state index contributed by atoms with van der Waals surface area (Å²) >= 11 is 6.34. The van der Waals surface area contributed by atoms with E-state index in [1.807, 2.05) is 6.92 Å². The number of nitrogens with zero attached hydrogens (tertiary/aromatic N) is 2. The van der Waals surface area contributed by atoms with Crippen molar-refractivity contribution in [2.24, 2.45) is 0 Å². The van der Waals surface area contributed by atoms with E-state index >= 15 is 0 Å². The number of hydrogen-bond donors (Lipinski definition) is 0. The molecule has 0 saturated carbocycles. The van der Waals surface area contributed by atoms with E-state index in [0.717, 1.165) is 42.9 Å². The molecule has 0 bridgehead atoms. The van der Waals surface area contributed by atoms with Crippen molar-refractivity contribution in [3.63, 3.8) is 0 Å². The minimum absolute atomic E-state index is 0.0993. The molecule has 1 aliphatic heterocycles. The molecule has 1 aliphatic rings. The number of para-hydroxylation sites is 1. The van der Waals surface area contributed by atoms with Crippen LogP contribution in [0.2, 0.25) is 0 Å². The molecular weight excluding hydrogens is 272 g/mol. The van der Waals surface area contributed by atoms with Gasteiger partial charge in [0.25, 0.3) is 0 Å². The lowest BCUT2D eigenvalue weighted by Crippen LogP contribution is -2.30. The molecule has 4 heteroatoms. The summed E-state index contributed by atoms with van der Waals surface area (Å²) in [5.41, 5.74) is 3.30. The Balaban J connectivity index is 2.12. The molecule has 2 atom stereocenters.